The Labute approximate surface area is 125 Å². The third kappa shape index (κ3) is 3.27. The number of rotatable bonds is 3. The van der Waals surface area contributed by atoms with Crippen LogP contribution in [0.2, 0.25) is 0 Å². The molecule has 2 aliphatic heterocycles. The quantitative estimate of drug-likeness (QED) is 0.877. The van der Waals surface area contributed by atoms with E-state index in [1.807, 2.05) is 0 Å². The Morgan fingerprint density at radius 1 is 1.14 bits per heavy atom. The number of fused-ring (bicyclic) bond motifs is 2. The van der Waals surface area contributed by atoms with E-state index in [2.05, 4.69) is 10.6 Å². The summed E-state index contributed by atoms with van der Waals surface area (Å²) in [7, 11) is -3.22. The summed E-state index contributed by atoms with van der Waals surface area (Å²) in [6, 6.07) is 7.38. The molecule has 2 bridgehead atoms. The van der Waals surface area contributed by atoms with Crippen LogP contribution in [-0.2, 0) is 9.84 Å². The van der Waals surface area contributed by atoms with Gasteiger partial charge in [-0.25, -0.2) is 8.42 Å². The van der Waals surface area contributed by atoms with Crippen molar-refractivity contribution in [2.45, 2.75) is 48.7 Å². The summed E-state index contributed by atoms with van der Waals surface area (Å²) in [6.45, 7) is 0. The fraction of sp³-hybridized carbons (Fsp3) is 0.533. The first-order valence-corrected chi connectivity index (χ1v) is 9.18. The van der Waals surface area contributed by atoms with Crippen molar-refractivity contribution in [1.82, 2.24) is 10.6 Å². The first-order valence-electron chi connectivity index (χ1n) is 7.29. The molecule has 0 spiro atoms. The van der Waals surface area contributed by atoms with Crippen molar-refractivity contribution >= 4 is 15.7 Å². The number of sulfone groups is 1. The fourth-order valence-corrected chi connectivity index (χ4v) is 3.93. The monoisotopic (exact) mass is 308 g/mol. The summed E-state index contributed by atoms with van der Waals surface area (Å²) >= 11 is 0. The number of benzene rings is 1. The second-order valence-corrected chi connectivity index (χ2v) is 8.09. The maximum atomic E-state index is 12.2. The van der Waals surface area contributed by atoms with E-state index in [-0.39, 0.29) is 16.8 Å². The lowest BCUT2D eigenvalue weighted by atomic mass is 9.99. The number of amides is 1. The van der Waals surface area contributed by atoms with Gasteiger partial charge in [0.1, 0.15) is 0 Å². The van der Waals surface area contributed by atoms with Crippen LogP contribution in [0.25, 0.3) is 0 Å². The van der Waals surface area contributed by atoms with Crippen LogP contribution in [0.1, 0.15) is 36.0 Å². The van der Waals surface area contributed by atoms with Gasteiger partial charge in [-0.15, -0.1) is 0 Å². The zero-order valence-electron chi connectivity index (χ0n) is 12.0. The van der Waals surface area contributed by atoms with E-state index in [0.717, 1.165) is 19.1 Å². The molecule has 5 nitrogen and oxygen atoms in total. The topological polar surface area (TPSA) is 75.3 Å². The molecule has 6 heteroatoms. The van der Waals surface area contributed by atoms with Crippen molar-refractivity contribution in [3.63, 3.8) is 0 Å². The molecule has 1 aromatic rings. The third-order valence-corrected chi connectivity index (χ3v) is 5.48. The Kier molecular flexibility index (Phi) is 3.75. The molecular weight excluding hydrogens is 288 g/mol. The number of carbonyl (C=O) groups is 1. The summed E-state index contributed by atoms with van der Waals surface area (Å²) in [5.74, 6) is -0.124. The van der Waals surface area contributed by atoms with E-state index >= 15 is 0 Å². The van der Waals surface area contributed by atoms with Crippen LogP contribution in [0.3, 0.4) is 0 Å². The zero-order valence-corrected chi connectivity index (χ0v) is 12.8. The van der Waals surface area contributed by atoms with Crippen LogP contribution in [0.15, 0.2) is 29.2 Å². The van der Waals surface area contributed by atoms with Crippen LogP contribution in [0, 0.1) is 0 Å². The van der Waals surface area contributed by atoms with Crippen LogP contribution in [-0.4, -0.2) is 38.7 Å². The Morgan fingerprint density at radius 2 is 1.71 bits per heavy atom. The van der Waals surface area contributed by atoms with Gasteiger partial charge in [0.05, 0.1) is 4.90 Å². The molecular formula is C15H20N2O3S. The van der Waals surface area contributed by atoms with Crippen molar-refractivity contribution in [3.8, 4) is 0 Å². The lowest BCUT2D eigenvalue weighted by Crippen LogP contribution is -2.48. The highest BCUT2D eigenvalue weighted by Gasteiger charge is 2.34. The maximum Gasteiger partial charge on any atom is 0.251 e. The fourth-order valence-electron chi connectivity index (χ4n) is 3.30. The van der Waals surface area contributed by atoms with Gasteiger partial charge in [-0.1, -0.05) is 0 Å². The van der Waals surface area contributed by atoms with E-state index in [9.17, 15) is 13.2 Å². The van der Waals surface area contributed by atoms with Gasteiger partial charge in [-0.3, -0.25) is 4.79 Å². The second-order valence-electron chi connectivity index (χ2n) is 6.08. The number of hydrogen-bond donors (Lipinski definition) is 2. The molecule has 2 aliphatic rings. The van der Waals surface area contributed by atoms with Gasteiger partial charge >= 0.3 is 0 Å². The predicted molar refractivity (Wildman–Crippen MR) is 80.0 cm³/mol. The number of nitrogens with one attached hydrogen (secondary N) is 2. The summed E-state index contributed by atoms with van der Waals surface area (Å²) < 4.78 is 22.8. The lowest BCUT2D eigenvalue weighted by Gasteiger charge is -2.29. The van der Waals surface area contributed by atoms with E-state index < -0.39 is 9.84 Å². The van der Waals surface area contributed by atoms with Gasteiger partial charge in [0.15, 0.2) is 9.84 Å². The lowest BCUT2D eigenvalue weighted by molar-refractivity contribution is 0.0924. The molecule has 3 rings (SSSR count). The van der Waals surface area contributed by atoms with Crippen LogP contribution in [0.5, 0.6) is 0 Å². The number of piperidine rings is 1. The molecule has 0 radical (unpaired) electrons. The predicted octanol–water partition coefficient (Wildman–Crippen LogP) is 1.10. The van der Waals surface area contributed by atoms with Gasteiger partial charge in [0.25, 0.3) is 5.91 Å². The Hall–Kier alpha value is -1.40. The van der Waals surface area contributed by atoms with E-state index in [1.165, 1.54) is 25.0 Å². The SMILES string of the molecule is CS(=O)(=O)c1ccc(C(=O)NC2CC3CCC(C2)N3)cc1. The molecule has 21 heavy (non-hydrogen) atoms. The molecule has 2 N–H and O–H groups in total. The van der Waals surface area contributed by atoms with Crippen molar-refractivity contribution in [1.29, 1.82) is 0 Å². The normalized spacial score (nSPS) is 28.3. The van der Waals surface area contributed by atoms with Gasteiger partial charge in [0.2, 0.25) is 0 Å². The van der Waals surface area contributed by atoms with Crippen molar-refractivity contribution < 1.29 is 13.2 Å². The van der Waals surface area contributed by atoms with Crippen LogP contribution in [0.4, 0.5) is 0 Å². The Bertz CT molecular complexity index is 627. The molecule has 0 aliphatic carbocycles. The molecule has 2 fully saturated rings. The second kappa shape index (κ2) is 5.42. The van der Waals surface area contributed by atoms with Crippen molar-refractivity contribution in [2.75, 3.05) is 6.26 Å². The molecule has 2 unspecified atom stereocenters. The minimum Gasteiger partial charge on any atom is -0.349 e. The maximum absolute atomic E-state index is 12.2. The molecule has 1 aromatic carbocycles. The average molecular weight is 308 g/mol. The first-order chi connectivity index (χ1) is 9.91. The zero-order chi connectivity index (χ0) is 15.0. The highest BCUT2D eigenvalue weighted by molar-refractivity contribution is 7.90. The van der Waals surface area contributed by atoms with E-state index in [0.29, 0.717) is 17.6 Å². The standard InChI is InChI=1S/C15H20N2O3S/c1-21(19,20)14-6-2-10(3-7-14)15(18)17-13-8-11-4-5-12(9-13)16-11/h2-3,6-7,11-13,16H,4-5,8-9H2,1H3,(H,17,18). The number of carbonyl (C=O) groups excluding carboxylic acids is 1. The summed E-state index contributed by atoms with van der Waals surface area (Å²) in [5, 5.41) is 6.61. The van der Waals surface area contributed by atoms with Gasteiger partial charge in [0, 0.05) is 29.9 Å². The smallest absolute Gasteiger partial charge is 0.251 e. The highest BCUT2D eigenvalue weighted by atomic mass is 32.2. The first kappa shape index (κ1) is 14.5. The average Bonchev–Trinajstić information content (AvgIpc) is 2.77. The summed E-state index contributed by atoms with van der Waals surface area (Å²) in [5.41, 5.74) is 0.508. The minimum atomic E-state index is -3.22. The van der Waals surface area contributed by atoms with Gasteiger partial charge in [-0.2, -0.15) is 0 Å². The molecule has 2 saturated heterocycles. The van der Waals surface area contributed by atoms with Gasteiger partial charge in [-0.05, 0) is 49.9 Å². The Balaban J connectivity index is 1.65. The van der Waals surface area contributed by atoms with Crippen LogP contribution < -0.4 is 10.6 Å². The summed E-state index contributed by atoms with van der Waals surface area (Å²) in [4.78, 5) is 12.5. The molecule has 0 saturated carbocycles. The largest absolute Gasteiger partial charge is 0.349 e. The number of hydrogen-bond acceptors (Lipinski definition) is 4. The van der Waals surface area contributed by atoms with Crippen molar-refractivity contribution in [2.24, 2.45) is 0 Å². The van der Waals surface area contributed by atoms with Crippen molar-refractivity contribution in [3.05, 3.63) is 29.8 Å². The van der Waals surface area contributed by atoms with E-state index in [1.54, 1.807) is 12.1 Å². The Morgan fingerprint density at radius 3 is 2.24 bits per heavy atom. The van der Waals surface area contributed by atoms with E-state index in [4.69, 9.17) is 0 Å². The molecule has 0 aromatic heterocycles. The minimum absolute atomic E-state index is 0.124. The highest BCUT2D eigenvalue weighted by Crippen LogP contribution is 2.26. The van der Waals surface area contributed by atoms with Crippen LogP contribution >= 0.6 is 0 Å². The summed E-state index contributed by atoms with van der Waals surface area (Å²) in [6.07, 6.45) is 5.50. The molecule has 2 atom stereocenters. The molecule has 114 valence electrons. The third-order valence-electron chi connectivity index (χ3n) is 4.35. The van der Waals surface area contributed by atoms with Gasteiger partial charge < -0.3 is 10.6 Å². The molecule has 2 heterocycles. The molecule has 1 amide bonds.